The number of nitriles is 1. The minimum atomic E-state index is -1.01. The van der Waals surface area contributed by atoms with Crippen molar-refractivity contribution in [3.8, 4) is 6.07 Å². The van der Waals surface area contributed by atoms with Crippen LogP contribution in [0.1, 0.15) is 56.3 Å². The summed E-state index contributed by atoms with van der Waals surface area (Å²) in [6.45, 7) is 2.20. The van der Waals surface area contributed by atoms with Crippen molar-refractivity contribution in [2.24, 2.45) is 0 Å². The molecule has 1 rings (SSSR count). The molecular weight excluding hydrogens is 238 g/mol. The van der Waals surface area contributed by atoms with Crippen LogP contribution in [0.2, 0.25) is 0 Å². The highest BCUT2D eigenvalue weighted by Gasteiger charge is 2.17. The fraction of sp³-hybridized carbons (Fsp3) is 0.562. The van der Waals surface area contributed by atoms with Crippen LogP contribution in [0.5, 0.6) is 0 Å². The highest BCUT2D eigenvalue weighted by Crippen LogP contribution is 2.20. The van der Waals surface area contributed by atoms with E-state index in [1.54, 1.807) is 0 Å². The molecule has 0 spiro atoms. The second-order valence-corrected chi connectivity index (χ2v) is 4.93. The van der Waals surface area contributed by atoms with Crippen molar-refractivity contribution in [2.75, 3.05) is 0 Å². The largest absolute Gasteiger partial charge is 0.389 e. The highest BCUT2D eigenvalue weighted by atomic mass is 16.3. The van der Waals surface area contributed by atoms with Gasteiger partial charge in [0.05, 0.1) is 18.6 Å². The van der Waals surface area contributed by atoms with Gasteiger partial charge in [-0.25, -0.2) is 0 Å². The van der Waals surface area contributed by atoms with Crippen LogP contribution in [0.3, 0.4) is 0 Å². The molecule has 3 heteroatoms. The molecular formula is C16H23NO2. The average molecular weight is 261 g/mol. The van der Waals surface area contributed by atoms with Gasteiger partial charge in [-0.05, 0) is 24.0 Å². The van der Waals surface area contributed by atoms with Gasteiger partial charge < -0.3 is 10.2 Å². The van der Waals surface area contributed by atoms with Gasteiger partial charge >= 0.3 is 0 Å². The van der Waals surface area contributed by atoms with Crippen molar-refractivity contribution in [2.45, 2.75) is 57.7 Å². The summed E-state index contributed by atoms with van der Waals surface area (Å²) in [6.07, 6.45) is 3.96. The summed E-state index contributed by atoms with van der Waals surface area (Å²) in [7, 11) is 0. The Hall–Kier alpha value is -1.37. The van der Waals surface area contributed by atoms with Crippen LogP contribution in [0, 0.1) is 11.3 Å². The van der Waals surface area contributed by atoms with Crippen LogP contribution >= 0.6 is 0 Å². The highest BCUT2D eigenvalue weighted by molar-refractivity contribution is 5.25. The monoisotopic (exact) mass is 261 g/mol. The normalized spacial score (nSPS) is 13.8. The molecule has 0 aliphatic heterocycles. The van der Waals surface area contributed by atoms with E-state index >= 15 is 0 Å². The first-order chi connectivity index (χ1) is 9.19. The molecule has 2 unspecified atom stereocenters. The number of benzene rings is 1. The van der Waals surface area contributed by atoms with Crippen LogP contribution in [-0.2, 0) is 6.42 Å². The van der Waals surface area contributed by atoms with Gasteiger partial charge in [-0.1, -0.05) is 50.5 Å². The average Bonchev–Trinajstić information content (AvgIpc) is 2.44. The summed E-state index contributed by atoms with van der Waals surface area (Å²) in [5.41, 5.74) is 1.92. The van der Waals surface area contributed by atoms with Crippen molar-refractivity contribution >= 4 is 0 Å². The summed E-state index contributed by atoms with van der Waals surface area (Å²) in [5.74, 6) is 0. The third-order valence-electron chi connectivity index (χ3n) is 3.31. The minimum absolute atomic E-state index is 0.0556. The summed E-state index contributed by atoms with van der Waals surface area (Å²) in [5, 5.41) is 27.9. The van der Waals surface area contributed by atoms with Gasteiger partial charge in [-0.15, -0.1) is 0 Å². The summed E-state index contributed by atoms with van der Waals surface area (Å²) < 4.78 is 0. The maximum Gasteiger partial charge on any atom is 0.106 e. The number of hydrogen-bond acceptors (Lipinski definition) is 3. The minimum Gasteiger partial charge on any atom is -0.389 e. The molecule has 2 atom stereocenters. The number of rotatable bonds is 8. The van der Waals surface area contributed by atoms with Crippen LogP contribution in [0.15, 0.2) is 24.3 Å². The Kier molecular flexibility index (Phi) is 7.17. The number of aliphatic hydroxyl groups is 2. The summed E-state index contributed by atoms with van der Waals surface area (Å²) in [6, 6.07) is 9.51. The maximum absolute atomic E-state index is 9.86. The molecule has 3 nitrogen and oxygen atoms in total. The molecule has 0 aliphatic rings. The van der Waals surface area contributed by atoms with Crippen LogP contribution in [0.4, 0.5) is 0 Å². The van der Waals surface area contributed by atoms with E-state index in [0.29, 0.717) is 5.56 Å². The van der Waals surface area contributed by atoms with E-state index in [-0.39, 0.29) is 6.42 Å². The Labute approximate surface area is 115 Å². The number of hydrogen-bond donors (Lipinski definition) is 2. The first kappa shape index (κ1) is 15.7. The molecule has 0 amide bonds. The molecule has 0 aromatic heterocycles. The van der Waals surface area contributed by atoms with E-state index in [1.165, 1.54) is 31.2 Å². The smallest absolute Gasteiger partial charge is 0.106 e. The van der Waals surface area contributed by atoms with Gasteiger partial charge in [-0.2, -0.15) is 5.26 Å². The lowest BCUT2D eigenvalue weighted by Gasteiger charge is -2.15. The molecule has 0 bridgehead atoms. The van der Waals surface area contributed by atoms with Gasteiger partial charge in [0.1, 0.15) is 6.10 Å². The van der Waals surface area contributed by atoms with E-state index < -0.39 is 12.2 Å². The molecule has 19 heavy (non-hydrogen) atoms. The molecule has 0 heterocycles. The molecule has 0 aliphatic carbocycles. The first-order valence-electron chi connectivity index (χ1n) is 7.01. The zero-order chi connectivity index (χ0) is 14.1. The fourth-order valence-electron chi connectivity index (χ4n) is 2.06. The van der Waals surface area contributed by atoms with Crippen LogP contribution in [0.25, 0.3) is 0 Å². The van der Waals surface area contributed by atoms with Crippen molar-refractivity contribution in [1.29, 1.82) is 5.26 Å². The number of nitrogens with zero attached hydrogens (tertiary/aromatic N) is 1. The van der Waals surface area contributed by atoms with E-state index in [4.69, 9.17) is 5.26 Å². The molecule has 0 saturated carbocycles. The first-order valence-corrected chi connectivity index (χ1v) is 7.01. The molecule has 0 radical (unpaired) electrons. The lowest BCUT2D eigenvalue weighted by atomic mass is 9.99. The van der Waals surface area contributed by atoms with Gasteiger partial charge in [0.15, 0.2) is 0 Å². The summed E-state index contributed by atoms with van der Waals surface area (Å²) in [4.78, 5) is 0. The van der Waals surface area contributed by atoms with Crippen molar-refractivity contribution < 1.29 is 10.2 Å². The van der Waals surface area contributed by atoms with Crippen molar-refractivity contribution in [3.63, 3.8) is 0 Å². The third kappa shape index (κ3) is 5.42. The number of aryl methyl sites for hydroxylation is 1. The van der Waals surface area contributed by atoms with Gasteiger partial charge in [0.2, 0.25) is 0 Å². The van der Waals surface area contributed by atoms with Crippen LogP contribution in [-0.4, -0.2) is 16.3 Å². The molecule has 0 saturated heterocycles. The second kappa shape index (κ2) is 8.68. The standard InChI is InChI=1S/C16H23NO2/c1-2-3-4-5-6-13-7-9-14(10-8-13)16(19)15(18)11-12-17/h7-10,15-16,18-19H,2-6,11H2,1H3. The molecule has 1 aromatic rings. The molecule has 1 aromatic carbocycles. The van der Waals surface area contributed by atoms with Gasteiger partial charge in [-0.3, -0.25) is 0 Å². The maximum atomic E-state index is 9.86. The van der Waals surface area contributed by atoms with E-state index in [9.17, 15) is 10.2 Å². The zero-order valence-corrected chi connectivity index (χ0v) is 11.5. The lowest BCUT2D eigenvalue weighted by molar-refractivity contribution is 0.0216. The SMILES string of the molecule is CCCCCCc1ccc(C(O)C(O)CC#N)cc1. The zero-order valence-electron chi connectivity index (χ0n) is 11.5. The summed E-state index contributed by atoms with van der Waals surface area (Å²) >= 11 is 0. The van der Waals surface area contributed by atoms with Gasteiger partial charge in [0.25, 0.3) is 0 Å². The lowest BCUT2D eigenvalue weighted by Crippen LogP contribution is -2.17. The quantitative estimate of drug-likeness (QED) is 0.707. The Morgan fingerprint density at radius 3 is 2.37 bits per heavy atom. The van der Waals surface area contributed by atoms with Gasteiger partial charge in [0, 0.05) is 0 Å². The Bertz CT molecular complexity index is 394. The van der Waals surface area contributed by atoms with E-state index in [1.807, 2.05) is 30.3 Å². The Balaban J connectivity index is 2.49. The van der Waals surface area contributed by atoms with Crippen molar-refractivity contribution in [3.05, 3.63) is 35.4 Å². The Morgan fingerprint density at radius 2 is 1.79 bits per heavy atom. The molecule has 104 valence electrons. The van der Waals surface area contributed by atoms with E-state index in [0.717, 1.165) is 6.42 Å². The molecule has 0 fully saturated rings. The molecule has 2 N–H and O–H groups in total. The number of aliphatic hydroxyl groups excluding tert-OH is 2. The predicted octanol–water partition coefficient (Wildman–Crippen LogP) is 3.12. The van der Waals surface area contributed by atoms with Crippen LogP contribution < -0.4 is 0 Å². The second-order valence-electron chi connectivity index (χ2n) is 4.93. The predicted molar refractivity (Wildman–Crippen MR) is 75.5 cm³/mol. The van der Waals surface area contributed by atoms with Crippen molar-refractivity contribution in [1.82, 2.24) is 0 Å². The topological polar surface area (TPSA) is 64.2 Å². The van der Waals surface area contributed by atoms with E-state index in [2.05, 4.69) is 6.92 Å². The Morgan fingerprint density at radius 1 is 1.11 bits per heavy atom. The third-order valence-corrected chi connectivity index (χ3v) is 3.31. The fourth-order valence-corrected chi connectivity index (χ4v) is 2.06. The number of unbranched alkanes of at least 4 members (excludes halogenated alkanes) is 3.